The summed E-state index contributed by atoms with van der Waals surface area (Å²) in [7, 11) is 0. The van der Waals surface area contributed by atoms with Crippen LogP contribution in [0, 0.1) is 5.92 Å². The molecule has 2 N–H and O–H groups in total. The van der Waals surface area contributed by atoms with Gasteiger partial charge in [0.05, 0.1) is 6.04 Å². The summed E-state index contributed by atoms with van der Waals surface area (Å²) in [5.41, 5.74) is 5.47. The second-order valence-electron chi connectivity index (χ2n) is 3.30. The molecule has 0 aromatic rings. The van der Waals surface area contributed by atoms with E-state index in [2.05, 4.69) is 4.99 Å². The largest absolute Gasteiger partial charge is 0.478 e. The molecular weight excluding hydrogens is 140 g/mol. The van der Waals surface area contributed by atoms with Crippen molar-refractivity contribution in [3.05, 3.63) is 0 Å². The van der Waals surface area contributed by atoms with Crippen molar-refractivity contribution in [3.8, 4) is 0 Å². The van der Waals surface area contributed by atoms with Crippen LogP contribution in [0.25, 0.3) is 0 Å². The van der Waals surface area contributed by atoms with Crippen molar-refractivity contribution in [3.63, 3.8) is 0 Å². The predicted molar refractivity (Wildman–Crippen MR) is 43.6 cm³/mol. The first-order valence-corrected chi connectivity index (χ1v) is 4.30. The highest BCUT2D eigenvalue weighted by atomic mass is 16.5. The minimum atomic E-state index is 0.241. The Balaban J connectivity index is 1.93. The van der Waals surface area contributed by atoms with Crippen LogP contribution in [-0.2, 0) is 4.74 Å². The van der Waals surface area contributed by atoms with Gasteiger partial charge >= 0.3 is 0 Å². The number of ether oxygens (including phenoxy) is 1. The normalized spacial score (nSPS) is 31.0. The third-order valence-electron chi connectivity index (χ3n) is 2.46. The lowest BCUT2D eigenvalue weighted by molar-refractivity contribution is 0.270. The minimum Gasteiger partial charge on any atom is -0.478 e. The van der Waals surface area contributed by atoms with Gasteiger partial charge in [-0.15, -0.1) is 0 Å². The Morgan fingerprint density at radius 3 is 2.82 bits per heavy atom. The Hall–Kier alpha value is -0.570. The fraction of sp³-hybridized carbons (Fsp3) is 0.875. The molecule has 1 atom stereocenters. The van der Waals surface area contributed by atoms with Gasteiger partial charge < -0.3 is 10.5 Å². The second-order valence-corrected chi connectivity index (χ2v) is 3.30. The maximum Gasteiger partial charge on any atom is 0.186 e. The van der Waals surface area contributed by atoms with Gasteiger partial charge in [-0.1, -0.05) is 6.42 Å². The summed E-state index contributed by atoms with van der Waals surface area (Å²) in [6.07, 6.45) is 3.85. The van der Waals surface area contributed by atoms with E-state index in [1.807, 2.05) is 0 Å². The molecule has 0 radical (unpaired) electrons. The van der Waals surface area contributed by atoms with Crippen LogP contribution in [0.3, 0.4) is 0 Å². The first-order valence-electron chi connectivity index (χ1n) is 4.30. The van der Waals surface area contributed by atoms with Crippen molar-refractivity contribution in [2.24, 2.45) is 16.6 Å². The van der Waals surface area contributed by atoms with Crippen molar-refractivity contribution >= 4 is 5.90 Å². The Kier molecular flexibility index (Phi) is 1.82. The maximum absolute atomic E-state index is 5.47. The molecule has 3 nitrogen and oxygen atoms in total. The standard InChI is InChI=1S/C8H14N2O/c9-4-7-5-11-8(10-7)6-2-1-3-6/h6-7H,1-5,9H2. The molecule has 11 heavy (non-hydrogen) atoms. The lowest BCUT2D eigenvalue weighted by Crippen LogP contribution is -2.21. The molecule has 0 saturated heterocycles. The SMILES string of the molecule is NCC1COC(C2CCC2)=N1. The van der Waals surface area contributed by atoms with Crippen molar-refractivity contribution in [1.82, 2.24) is 0 Å². The molecule has 0 bridgehead atoms. The summed E-state index contributed by atoms with van der Waals surface area (Å²) in [5, 5.41) is 0. The summed E-state index contributed by atoms with van der Waals surface area (Å²) < 4.78 is 5.43. The smallest absolute Gasteiger partial charge is 0.186 e. The van der Waals surface area contributed by atoms with Gasteiger partial charge in [-0.2, -0.15) is 0 Å². The van der Waals surface area contributed by atoms with Gasteiger partial charge in [0.15, 0.2) is 5.90 Å². The number of nitrogens with zero attached hydrogens (tertiary/aromatic N) is 1. The molecule has 2 aliphatic rings. The summed E-state index contributed by atoms with van der Waals surface area (Å²) in [6.45, 7) is 1.33. The molecule has 1 heterocycles. The molecule has 1 saturated carbocycles. The summed E-state index contributed by atoms with van der Waals surface area (Å²) >= 11 is 0. The third-order valence-corrected chi connectivity index (χ3v) is 2.46. The highest BCUT2D eigenvalue weighted by molar-refractivity contribution is 5.81. The number of rotatable bonds is 2. The molecule has 0 aromatic carbocycles. The van der Waals surface area contributed by atoms with Crippen LogP contribution in [0.2, 0.25) is 0 Å². The number of aliphatic imine (C=N–C) groups is 1. The molecule has 1 unspecified atom stereocenters. The van der Waals surface area contributed by atoms with E-state index in [-0.39, 0.29) is 6.04 Å². The van der Waals surface area contributed by atoms with Crippen LogP contribution in [0.4, 0.5) is 0 Å². The summed E-state index contributed by atoms with van der Waals surface area (Å²) in [5.74, 6) is 1.61. The van der Waals surface area contributed by atoms with Gasteiger partial charge in [0.25, 0.3) is 0 Å². The molecule has 0 amide bonds. The zero-order chi connectivity index (χ0) is 7.68. The van der Waals surface area contributed by atoms with E-state index in [4.69, 9.17) is 10.5 Å². The van der Waals surface area contributed by atoms with E-state index in [0.717, 1.165) is 5.90 Å². The van der Waals surface area contributed by atoms with E-state index in [0.29, 0.717) is 19.1 Å². The monoisotopic (exact) mass is 154 g/mol. The zero-order valence-electron chi connectivity index (χ0n) is 6.62. The van der Waals surface area contributed by atoms with Crippen molar-refractivity contribution < 1.29 is 4.74 Å². The lowest BCUT2D eigenvalue weighted by atomic mass is 9.85. The van der Waals surface area contributed by atoms with Crippen LogP contribution < -0.4 is 5.73 Å². The number of hydrogen-bond acceptors (Lipinski definition) is 3. The van der Waals surface area contributed by atoms with Gasteiger partial charge in [0, 0.05) is 12.5 Å². The van der Waals surface area contributed by atoms with Gasteiger partial charge in [0.1, 0.15) is 6.61 Å². The molecule has 2 rings (SSSR count). The van der Waals surface area contributed by atoms with E-state index in [1.54, 1.807) is 0 Å². The average molecular weight is 154 g/mol. The van der Waals surface area contributed by atoms with E-state index >= 15 is 0 Å². The minimum absolute atomic E-state index is 0.241. The number of hydrogen-bond donors (Lipinski definition) is 1. The van der Waals surface area contributed by atoms with E-state index in [1.165, 1.54) is 19.3 Å². The first kappa shape index (κ1) is 7.10. The van der Waals surface area contributed by atoms with Gasteiger partial charge in [-0.05, 0) is 12.8 Å². The zero-order valence-corrected chi connectivity index (χ0v) is 6.62. The molecule has 0 aromatic heterocycles. The summed E-state index contributed by atoms with van der Waals surface area (Å²) in [4.78, 5) is 4.40. The van der Waals surface area contributed by atoms with Gasteiger partial charge in [-0.25, -0.2) is 4.99 Å². The summed E-state index contributed by atoms with van der Waals surface area (Å²) in [6, 6.07) is 0.241. The number of nitrogens with two attached hydrogens (primary N) is 1. The van der Waals surface area contributed by atoms with Crippen LogP contribution in [-0.4, -0.2) is 25.1 Å². The fourth-order valence-electron chi connectivity index (χ4n) is 1.44. The fourth-order valence-corrected chi connectivity index (χ4v) is 1.44. The average Bonchev–Trinajstić information content (AvgIpc) is 2.32. The second kappa shape index (κ2) is 2.81. The van der Waals surface area contributed by atoms with Gasteiger partial charge in [0.2, 0.25) is 0 Å². The lowest BCUT2D eigenvalue weighted by Gasteiger charge is -2.23. The van der Waals surface area contributed by atoms with Crippen molar-refractivity contribution in [1.29, 1.82) is 0 Å². The van der Waals surface area contributed by atoms with Crippen LogP contribution in [0.1, 0.15) is 19.3 Å². The highest BCUT2D eigenvalue weighted by Gasteiger charge is 2.29. The highest BCUT2D eigenvalue weighted by Crippen LogP contribution is 2.30. The van der Waals surface area contributed by atoms with Crippen molar-refractivity contribution in [2.75, 3.05) is 13.2 Å². The molecule has 1 fully saturated rings. The first-order chi connectivity index (χ1) is 5.40. The molecule has 62 valence electrons. The quantitative estimate of drug-likeness (QED) is 0.631. The van der Waals surface area contributed by atoms with E-state index < -0.39 is 0 Å². The van der Waals surface area contributed by atoms with Crippen LogP contribution in [0.15, 0.2) is 4.99 Å². The molecule has 1 aliphatic carbocycles. The molecular formula is C8H14N2O. The molecule has 3 heteroatoms. The van der Waals surface area contributed by atoms with E-state index in [9.17, 15) is 0 Å². The van der Waals surface area contributed by atoms with Crippen molar-refractivity contribution in [2.45, 2.75) is 25.3 Å². The Bertz CT molecular complexity index is 175. The van der Waals surface area contributed by atoms with Gasteiger partial charge in [-0.3, -0.25) is 0 Å². The Morgan fingerprint density at radius 2 is 2.36 bits per heavy atom. The third kappa shape index (κ3) is 1.25. The Labute approximate surface area is 66.6 Å². The Morgan fingerprint density at radius 1 is 1.55 bits per heavy atom. The molecule has 0 spiro atoms. The van der Waals surface area contributed by atoms with Crippen LogP contribution in [0.5, 0.6) is 0 Å². The van der Waals surface area contributed by atoms with Crippen LogP contribution >= 0.6 is 0 Å². The predicted octanol–water partition coefficient (Wildman–Crippen LogP) is 0.542. The maximum atomic E-state index is 5.47. The topological polar surface area (TPSA) is 47.6 Å². The molecule has 1 aliphatic heterocycles.